The van der Waals surface area contributed by atoms with Gasteiger partial charge in [0.15, 0.2) is 0 Å². The van der Waals surface area contributed by atoms with Crippen molar-refractivity contribution < 1.29 is 4.79 Å². The molecule has 3 aromatic rings. The zero-order chi connectivity index (χ0) is 20.9. The molecule has 5 nitrogen and oxygen atoms in total. The smallest absolute Gasteiger partial charge is 0.277 e. The number of amides is 1. The number of benzene rings is 2. The minimum Gasteiger partial charge on any atom is -0.352 e. The summed E-state index contributed by atoms with van der Waals surface area (Å²) < 4.78 is 1.73. The van der Waals surface area contributed by atoms with E-state index in [1.54, 1.807) is 28.8 Å². The van der Waals surface area contributed by atoms with Crippen LogP contribution in [0.3, 0.4) is 0 Å². The summed E-state index contributed by atoms with van der Waals surface area (Å²) in [6.07, 6.45) is 8.07. The Bertz CT molecular complexity index is 1140. The van der Waals surface area contributed by atoms with E-state index in [1.807, 2.05) is 31.2 Å². The summed E-state index contributed by atoms with van der Waals surface area (Å²) in [5, 5.41) is 3.00. The maximum Gasteiger partial charge on any atom is 0.277 e. The Morgan fingerprint density at radius 2 is 1.90 bits per heavy atom. The van der Waals surface area contributed by atoms with Gasteiger partial charge in [0, 0.05) is 24.2 Å². The Labute approximate surface area is 176 Å². The van der Waals surface area contributed by atoms with Crippen molar-refractivity contribution >= 4 is 16.9 Å². The largest absolute Gasteiger partial charge is 0.352 e. The molecular weight excluding hydrogens is 374 g/mol. The van der Waals surface area contributed by atoms with Crippen LogP contribution in [-0.2, 0) is 6.54 Å². The molecule has 1 amide bonds. The van der Waals surface area contributed by atoms with Crippen LogP contribution in [0.25, 0.3) is 22.3 Å². The van der Waals surface area contributed by atoms with E-state index in [9.17, 15) is 9.59 Å². The third-order valence-corrected chi connectivity index (χ3v) is 5.71. The first-order chi connectivity index (χ1) is 14.7. The Kier molecular flexibility index (Phi) is 6.07. The molecule has 1 aliphatic carbocycles. The van der Waals surface area contributed by atoms with E-state index in [0.717, 1.165) is 35.9 Å². The minimum atomic E-state index is -0.117. The average molecular weight is 402 g/mol. The van der Waals surface area contributed by atoms with Gasteiger partial charge in [0.05, 0.1) is 11.0 Å². The molecule has 30 heavy (non-hydrogen) atoms. The molecule has 1 aliphatic rings. The van der Waals surface area contributed by atoms with Crippen LogP contribution in [0.15, 0.2) is 65.0 Å². The monoisotopic (exact) mass is 401 g/mol. The van der Waals surface area contributed by atoms with Crippen molar-refractivity contribution in [2.75, 3.05) is 6.54 Å². The normalized spacial score (nSPS) is 13.8. The lowest BCUT2D eigenvalue weighted by Crippen LogP contribution is -2.25. The van der Waals surface area contributed by atoms with Crippen LogP contribution in [0, 0.1) is 0 Å². The number of hydrogen-bond acceptors (Lipinski definition) is 3. The minimum absolute atomic E-state index is 0.0876. The van der Waals surface area contributed by atoms with E-state index in [4.69, 9.17) is 0 Å². The molecule has 0 spiro atoms. The quantitative estimate of drug-likeness (QED) is 0.609. The molecule has 154 valence electrons. The topological polar surface area (TPSA) is 64.0 Å². The Morgan fingerprint density at radius 1 is 1.10 bits per heavy atom. The number of para-hydroxylation sites is 2. The highest BCUT2D eigenvalue weighted by atomic mass is 16.1. The van der Waals surface area contributed by atoms with Crippen molar-refractivity contribution in [1.82, 2.24) is 14.9 Å². The number of aromatic nitrogens is 2. The van der Waals surface area contributed by atoms with Crippen LogP contribution in [0.4, 0.5) is 0 Å². The predicted octanol–water partition coefficient (Wildman–Crippen LogP) is 4.70. The summed E-state index contributed by atoms with van der Waals surface area (Å²) >= 11 is 0. The third kappa shape index (κ3) is 4.20. The lowest BCUT2D eigenvalue weighted by atomic mass is 9.97. The van der Waals surface area contributed by atoms with Gasteiger partial charge in [0.25, 0.3) is 11.5 Å². The van der Waals surface area contributed by atoms with E-state index in [-0.39, 0.29) is 11.5 Å². The summed E-state index contributed by atoms with van der Waals surface area (Å²) in [5.74, 6) is -0.0876. The Morgan fingerprint density at radius 3 is 2.63 bits per heavy atom. The molecule has 0 radical (unpaired) electrons. The molecule has 0 saturated heterocycles. The molecule has 0 unspecified atom stereocenters. The van der Waals surface area contributed by atoms with Gasteiger partial charge in [-0.25, -0.2) is 4.98 Å². The second-order valence-corrected chi connectivity index (χ2v) is 7.69. The van der Waals surface area contributed by atoms with Crippen molar-refractivity contribution in [3.05, 3.63) is 76.1 Å². The summed E-state index contributed by atoms with van der Waals surface area (Å²) in [6, 6.07) is 14.8. The fourth-order valence-electron chi connectivity index (χ4n) is 4.04. The highest BCUT2D eigenvalue weighted by Gasteiger charge is 2.13. The second kappa shape index (κ2) is 9.08. The van der Waals surface area contributed by atoms with Crippen LogP contribution in [-0.4, -0.2) is 22.0 Å². The van der Waals surface area contributed by atoms with Gasteiger partial charge in [-0.1, -0.05) is 35.9 Å². The van der Waals surface area contributed by atoms with Gasteiger partial charge in [-0.2, -0.15) is 0 Å². The molecule has 0 atom stereocenters. The molecule has 1 N–H and O–H groups in total. The number of fused-ring (bicyclic) bond motifs is 1. The van der Waals surface area contributed by atoms with E-state index in [1.165, 1.54) is 18.4 Å². The summed E-state index contributed by atoms with van der Waals surface area (Å²) in [5.41, 5.74) is 4.67. The summed E-state index contributed by atoms with van der Waals surface area (Å²) in [4.78, 5) is 30.0. The molecule has 0 fully saturated rings. The lowest BCUT2D eigenvalue weighted by molar-refractivity contribution is 0.0954. The lowest BCUT2D eigenvalue weighted by Gasteiger charge is -2.13. The van der Waals surface area contributed by atoms with Gasteiger partial charge < -0.3 is 9.88 Å². The van der Waals surface area contributed by atoms with E-state index >= 15 is 0 Å². The molecule has 5 heteroatoms. The highest BCUT2D eigenvalue weighted by Crippen LogP contribution is 2.20. The van der Waals surface area contributed by atoms with Crippen LogP contribution >= 0.6 is 0 Å². The second-order valence-electron chi connectivity index (χ2n) is 7.69. The SMILES string of the molecule is CCn1c(=O)c(-c2ccc(C(=O)NCCC3=CCCCC3)cc2)nc2ccccc21. The van der Waals surface area contributed by atoms with E-state index in [2.05, 4.69) is 16.4 Å². The zero-order valence-electron chi connectivity index (χ0n) is 17.4. The number of carbonyl (C=O) groups is 1. The van der Waals surface area contributed by atoms with Crippen molar-refractivity contribution in [1.29, 1.82) is 0 Å². The number of nitrogens with one attached hydrogen (secondary N) is 1. The van der Waals surface area contributed by atoms with Crippen LogP contribution in [0.2, 0.25) is 0 Å². The Balaban J connectivity index is 1.51. The molecule has 2 aromatic carbocycles. The van der Waals surface area contributed by atoms with Crippen LogP contribution in [0.5, 0.6) is 0 Å². The summed E-state index contributed by atoms with van der Waals surface area (Å²) in [7, 11) is 0. The van der Waals surface area contributed by atoms with Crippen molar-refractivity contribution in [3.63, 3.8) is 0 Å². The number of allylic oxidation sites excluding steroid dienone is 1. The fourth-order valence-corrected chi connectivity index (χ4v) is 4.04. The molecule has 0 saturated carbocycles. The maximum absolute atomic E-state index is 12.9. The van der Waals surface area contributed by atoms with Crippen molar-refractivity contribution in [2.45, 2.75) is 45.6 Å². The molecule has 1 heterocycles. The van der Waals surface area contributed by atoms with Gasteiger partial charge in [-0.3, -0.25) is 9.59 Å². The van der Waals surface area contributed by atoms with Crippen molar-refractivity contribution in [3.8, 4) is 11.3 Å². The first-order valence-electron chi connectivity index (χ1n) is 10.7. The van der Waals surface area contributed by atoms with Crippen molar-refractivity contribution in [2.24, 2.45) is 0 Å². The molecule has 0 aliphatic heterocycles. The predicted molar refractivity (Wildman–Crippen MR) is 121 cm³/mol. The zero-order valence-corrected chi connectivity index (χ0v) is 17.4. The number of rotatable bonds is 6. The number of nitrogens with zero attached hydrogens (tertiary/aromatic N) is 2. The molecule has 0 bridgehead atoms. The van der Waals surface area contributed by atoms with Gasteiger partial charge >= 0.3 is 0 Å². The van der Waals surface area contributed by atoms with E-state index < -0.39 is 0 Å². The van der Waals surface area contributed by atoms with Crippen LogP contribution in [0.1, 0.15) is 49.4 Å². The van der Waals surface area contributed by atoms with Gasteiger partial charge in [-0.05, 0) is 63.3 Å². The van der Waals surface area contributed by atoms with Crippen LogP contribution < -0.4 is 10.9 Å². The van der Waals surface area contributed by atoms with E-state index in [0.29, 0.717) is 24.3 Å². The van der Waals surface area contributed by atoms with Gasteiger partial charge in [-0.15, -0.1) is 0 Å². The third-order valence-electron chi connectivity index (χ3n) is 5.71. The van der Waals surface area contributed by atoms with Gasteiger partial charge in [0.2, 0.25) is 0 Å². The fraction of sp³-hybridized carbons (Fsp3) is 0.320. The first kappa shape index (κ1) is 20.1. The first-order valence-corrected chi connectivity index (χ1v) is 10.7. The number of carbonyl (C=O) groups excluding carboxylic acids is 1. The van der Waals surface area contributed by atoms with Gasteiger partial charge in [0.1, 0.15) is 5.69 Å². The molecular formula is C25H27N3O2. The number of hydrogen-bond donors (Lipinski definition) is 1. The number of aryl methyl sites for hydroxylation is 1. The maximum atomic E-state index is 12.9. The molecule has 4 rings (SSSR count). The standard InChI is InChI=1S/C25H27N3O2/c1-2-28-22-11-7-6-10-21(22)27-23(25(28)30)19-12-14-20(15-13-19)24(29)26-17-16-18-8-4-3-5-9-18/h6-8,10-15H,2-5,9,16-17H2,1H3,(H,26,29). The molecule has 1 aromatic heterocycles. The Hall–Kier alpha value is -3.21. The highest BCUT2D eigenvalue weighted by molar-refractivity contribution is 5.94. The summed E-state index contributed by atoms with van der Waals surface area (Å²) in [6.45, 7) is 3.18. The average Bonchev–Trinajstić information content (AvgIpc) is 2.79.